The summed E-state index contributed by atoms with van der Waals surface area (Å²) in [5.74, 6) is 2.84. The fourth-order valence-corrected chi connectivity index (χ4v) is 4.42. The summed E-state index contributed by atoms with van der Waals surface area (Å²) in [6, 6.07) is 0. The molecule has 3 rings (SSSR count). The molecule has 92 valence electrons. The van der Waals surface area contributed by atoms with E-state index in [1.807, 2.05) is 0 Å². The third kappa shape index (κ3) is 1.62. The van der Waals surface area contributed by atoms with E-state index in [4.69, 9.17) is 9.47 Å². The maximum atomic E-state index is 6.13. The van der Waals surface area contributed by atoms with Gasteiger partial charge in [-0.2, -0.15) is 0 Å². The second kappa shape index (κ2) is 3.99. The lowest BCUT2D eigenvalue weighted by Gasteiger charge is -2.54. The highest BCUT2D eigenvalue weighted by Crippen LogP contribution is 2.52. The number of hydrogen-bond acceptors (Lipinski definition) is 2. The van der Waals surface area contributed by atoms with Gasteiger partial charge in [0.1, 0.15) is 0 Å². The molecule has 1 aliphatic heterocycles. The van der Waals surface area contributed by atoms with Crippen LogP contribution in [0, 0.1) is 23.7 Å². The zero-order valence-electron chi connectivity index (χ0n) is 10.6. The fourth-order valence-electron chi connectivity index (χ4n) is 4.42. The summed E-state index contributed by atoms with van der Waals surface area (Å²) in [4.78, 5) is 0. The van der Waals surface area contributed by atoms with Gasteiger partial charge in [-0.15, -0.1) is 0 Å². The molecule has 2 aliphatic carbocycles. The van der Waals surface area contributed by atoms with Gasteiger partial charge in [-0.1, -0.05) is 13.8 Å². The molecule has 0 N–H and O–H groups in total. The van der Waals surface area contributed by atoms with Crippen LogP contribution >= 0.6 is 0 Å². The Labute approximate surface area is 98.7 Å². The van der Waals surface area contributed by atoms with Crippen LogP contribution in [0.5, 0.6) is 0 Å². The van der Waals surface area contributed by atoms with Gasteiger partial charge in [-0.05, 0) is 43.9 Å². The molecule has 2 saturated carbocycles. The Hall–Kier alpha value is -0.0800. The first kappa shape index (κ1) is 11.0. The predicted octanol–water partition coefficient (Wildman–Crippen LogP) is 3.21. The van der Waals surface area contributed by atoms with Crippen molar-refractivity contribution >= 4 is 0 Å². The Balaban J connectivity index is 1.85. The topological polar surface area (TPSA) is 18.5 Å². The second-order valence-electron chi connectivity index (χ2n) is 6.28. The van der Waals surface area contributed by atoms with Crippen molar-refractivity contribution in [3.8, 4) is 0 Å². The summed E-state index contributed by atoms with van der Waals surface area (Å²) in [6.07, 6.45) is 6.45. The van der Waals surface area contributed by atoms with Crippen LogP contribution in [0.25, 0.3) is 0 Å². The zero-order valence-corrected chi connectivity index (χ0v) is 10.6. The van der Waals surface area contributed by atoms with Gasteiger partial charge >= 0.3 is 0 Å². The molecule has 4 unspecified atom stereocenters. The quantitative estimate of drug-likeness (QED) is 0.629. The van der Waals surface area contributed by atoms with Crippen molar-refractivity contribution < 1.29 is 9.47 Å². The van der Waals surface area contributed by atoms with E-state index < -0.39 is 0 Å². The minimum absolute atomic E-state index is 0.205. The summed E-state index contributed by atoms with van der Waals surface area (Å²) in [5.41, 5.74) is 0. The molecule has 1 saturated heterocycles. The van der Waals surface area contributed by atoms with Gasteiger partial charge in [-0.3, -0.25) is 0 Å². The average molecular weight is 224 g/mol. The van der Waals surface area contributed by atoms with E-state index in [-0.39, 0.29) is 5.79 Å². The third-order valence-electron chi connectivity index (χ3n) is 4.93. The summed E-state index contributed by atoms with van der Waals surface area (Å²) >= 11 is 0. The molecule has 2 bridgehead atoms. The van der Waals surface area contributed by atoms with E-state index in [2.05, 4.69) is 13.8 Å². The highest BCUT2D eigenvalue weighted by molar-refractivity contribution is 4.97. The molecule has 0 aromatic carbocycles. The lowest BCUT2D eigenvalue weighted by molar-refractivity contribution is -0.338. The first-order chi connectivity index (χ1) is 7.71. The van der Waals surface area contributed by atoms with E-state index in [0.29, 0.717) is 11.8 Å². The van der Waals surface area contributed by atoms with Crippen molar-refractivity contribution in [1.82, 2.24) is 0 Å². The lowest BCUT2D eigenvalue weighted by Crippen LogP contribution is -2.57. The first-order valence-corrected chi connectivity index (χ1v) is 6.98. The van der Waals surface area contributed by atoms with Crippen molar-refractivity contribution in [2.45, 2.75) is 51.7 Å². The summed E-state index contributed by atoms with van der Waals surface area (Å²) < 4.78 is 12.3. The van der Waals surface area contributed by atoms with Gasteiger partial charge in [0, 0.05) is 11.8 Å². The number of ether oxygens (including phenoxy) is 2. The van der Waals surface area contributed by atoms with Gasteiger partial charge in [-0.25, -0.2) is 0 Å². The van der Waals surface area contributed by atoms with E-state index in [9.17, 15) is 0 Å². The molecule has 0 aromatic rings. The molecule has 2 nitrogen and oxygen atoms in total. The molecule has 3 fully saturated rings. The summed E-state index contributed by atoms with van der Waals surface area (Å²) in [6.45, 7) is 6.53. The van der Waals surface area contributed by atoms with Crippen molar-refractivity contribution in [2.75, 3.05) is 13.2 Å². The van der Waals surface area contributed by atoms with Crippen LogP contribution in [-0.2, 0) is 9.47 Å². The Kier molecular flexibility index (Phi) is 2.75. The van der Waals surface area contributed by atoms with Gasteiger partial charge in [0.2, 0.25) is 0 Å². The maximum Gasteiger partial charge on any atom is 0.173 e. The largest absolute Gasteiger partial charge is 0.349 e. The lowest BCUT2D eigenvalue weighted by atomic mass is 9.62. The molecule has 2 heteroatoms. The molecule has 0 aromatic heterocycles. The molecule has 0 amide bonds. The maximum absolute atomic E-state index is 6.13. The Morgan fingerprint density at radius 1 is 0.938 bits per heavy atom. The number of hydrogen-bond donors (Lipinski definition) is 0. The molecule has 16 heavy (non-hydrogen) atoms. The van der Waals surface area contributed by atoms with Crippen LogP contribution in [0.4, 0.5) is 0 Å². The van der Waals surface area contributed by atoms with E-state index in [0.717, 1.165) is 31.5 Å². The van der Waals surface area contributed by atoms with Gasteiger partial charge in [0.15, 0.2) is 5.79 Å². The van der Waals surface area contributed by atoms with Crippen molar-refractivity contribution in [3.05, 3.63) is 0 Å². The molecular formula is C14H24O2. The summed E-state index contributed by atoms with van der Waals surface area (Å²) in [7, 11) is 0. The third-order valence-corrected chi connectivity index (χ3v) is 4.93. The Morgan fingerprint density at radius 3 is 2.44 bits per heavy atom. The van der Waals surface area contributed by atoms with Crippen molar-refractivity contribution in [2.24, 2.45) is 23.7 Å². The Morgan fingerprint density at radius 2 is 1.69 bits per heavy atom. The highest BCUT2D eigenvalue weighted by Gasteiger charge is 2.53. The van der Waals surface area contributed by atoms with Crippen LogP contribution in [0.15, 0.2) is 0 Å². The molecule has 0 radical (unpaired) electrons. The van der Waals surface area contributed by atoms with Crippen LogP contribution in [0.2, 0.25) is 0 Å². The van der Waals surface area contributed by atoms with Gasteiger partial charge in [0.25, 0.3) is 0 Å². The Bertz CT molecular complexity index is 253. The van der Waals surface area contributed by atoms with Crippen LogP contribution < -0.4 is 0 Å². The standard InChI is InChI=1S/C14H24O2/c1-10-6-12-8-11(2)14(13(7-10)9-12)15-4-3-5-16-14/h10-13H,3-9H2,1-2H3. The minimum atomic E-state index is -0.205. The molecular weight excluding hydrogens is 200 g/mol. The molecule has 1 spiro atoms. The van der Waals surface area contributed by atoms with Crippen LogP contribution in [0.3, 0.4) is 0 Å². The van der Waals surface area contributed by atoms with E-state index in [1.54, 1.807) is 0 Å². The molecule has 3 aliphatic rings. The van der Waals surface area contributed by atoms with Gasteiger partial charge in [0.05, 0.1) is 13.2 Å². The minimum Gasteiger partial charge on any atom is -0.349 e. The predicted molar refractivity (Wildman–Crippen MR) is 63.0 cm³/mol. The van der Waals surface area contributed by atoms with Crippen LogP contribution in [0.1, 0.15) is 46.0 Å². The first-order valence-electron chi connectivity index (χ1n) is 6.98. The van der Waals surface area contributed by atoms with Crippen molar-refractivity contribution in [3.63, 3.8) is 0 Å². The van der Waals surface area contributed by atoms with Gasteiger partial charge < -0.3 is 9.47 Å². The average Bonchev–Trinajstić information content (AvgIpc) is 2.27. The van der Waals surface area contributed by atoms with Crippen LogP contribution in [-0.4, -0.2) is 19.0 Å². The zero-order chi connectivity index (χ0) is 11.2. The molecule has 4 atom stereocenters. The smallest absolute Gasteiger partial charge is 0.173 e. The monoisotopic (exact) mass is 224 g/mol. The van der Waals surface area contributed by atoms with E-state index >= 15 is 0 Å². The summed E-state index contributed by atoms with van der Waals surface area (Å²) in [5, 5.41) is 0. The fraction of sp³-hybridized carbons (Fsp3) is 1.00. The second-order valence-corrected chi connectivity index (χ2v) is 6.28. The number of fused-ring (bicyclic) bond motifs is 3. The molecule has 1 heterocycles. The van der Waals surface area contributed by atoms with Crippen molar-refractivity contribution in [1.29, 1.82) is 0 Å². The number of rotatable bonds is 0. The normalized spacial score (nSPS) is 46.9. The highest BCUT2D eigenvalue weighted by atomic mass is 16.7. The SMILES string of the molecule is CC1CC2CC(C)C3(OCCCO3)C(C1)C2. The van der Waals surface area contributed by atoms with E-state index in [1.165, 1.54) is 25.7 Å².